The van der Waals surface area contributed by atoms with Crippen LogP contribution in [0, 0.1) is 5.92 Å². The second-order valence-electron chi connectivity index (χ2n) is 6.16. The number of rotatable bonds is 2. The van der Waals surface area contributed by atoms with Crippen molar-refractivity contribution in [2.45, 2.75) is 38.3 Å². The van der Waals surface area contributed by atoms with E-state index >= 15 is 0 Å². The lowest BCUT2D eigenvalue weighted by Gasteiger charge is -2.19. The van der Waals surface area contributed by atoms with E-state index in [0.717, 1.165) is 49.3 Å². The van der Waals surface area contributed by atoms with E-state index in [2.05, 4.69) is 15.6 Å². The summed E-state index contributed by atoms with van der Waals surface area (Å²) in [7, 11) is 0. The van der Waals surface area contributed by atoms with Gasteiger partial charge in [0, 0.05) is 25.6 Å². The van der Waals surface area contributed by atoms with Gasteiger partial charge in [0.2, 0.25) is 11.9 Å². The molecule has 1 amide bonds. The molecule has 5 nitrogen and oxygen atoms in total. The van der Waals surface area contributed by atoms with Gasteiger partial charge in [-0.25, -0.2) is 4.98 Å². The molecule has 22 heavy (non-hydrogen) atoms. The molecule has 1 aliphatic carbocycles. The first-order valence-corrected chi connectivity index (χ1v) is 7.75. The van der Waals surface area contributed by atoms with Gasteiger partial charge in [-0.1, -0.05) is 18.6 Å². The first-order valence-electron chi connectivity index (χ1n) is 7.75. The minimum absolute atomic E-state index is 0. The number of amides is 1. The van der Waals surface area contributed by atoms with Crippen LogP contribution >= 0.6 is 12.4 Å². The molecule has 118 valence electrons. The second-order valence-corrected chi connectivity index (χ2v) is 6.16. The van der Waals surface area contributed by atoms with Crippen LogP contribution in [-0.2, 0) is 11.3 Å². The summed E-state index contributed by atoms with van der Waals surface area (Å²) in [6, 6.07) is 8.24. The van der Waals surface area contributed by atoms with Crippen LogP contribution in [0.4, 0.5) is 5.95 Å². The fourth-order valence-corrected chi connectivity index (χ4v) is 3.68. The van der Waals surface area contributed by atoms with Crippen molar-refractivity contribution in [2.75, 3.05) is 11.4 Å². The van der Waals surface area contributed by atoms with Gasteiger partial charge >= 0.3 is 0 Å². The van der Waals surface area contributed by atoms with Crippen LogP contribution < -0.4 is 10.6 Å². The number of benzene rings is 1. The Balaban J connectivity index is 0.00000144. The van der Waals surface area contributed by atoms with Crippen LogP contribution in [0.3, 0.4) is 0 Å². The van der Waals surface area contributed by atoms with Crippen molar-refractivity contribution >= 4 is 35.3 Å². The van der Waals surface area contributed by atoms with Gasteiger partial charge in [0.25, 0.3) is 0 Å². The molecule has 1 aliphatic heterocycles. The number of fused-ring (bicyclic) bond motifs is 3. The second kappa shape index (κ2) is 5.89. The molecule has 2 N–H and O–H groups in total. The van der Waals surface area contributed by atoms with Gasteiger partial charge in [-0.05, 0) is 30.9 Å². The number of aromatic nitrogens is 2. The Morgan fingerprint density at radius 1 is 1.27 bits per heavy atom. The SMILES string of the molecule is Cl.N[C@@H]1CCC[C@H]1CC(=O)N1CCn2c1nc1ccccc12. The third-order valence-corrected chi connectivity index (χ3v) is 4.88. The fourth-order valence-electron chi connectivity index (χ4n) is 3.68. The number of hydrogen-bond donors (Lipinski definition) is 1. The molecule has 2 aromatic rings. The number of para-hydroxylation sites is 2. The molecule has 0 spiro atoms. The number of hydrogen-bond acceptors (Lipinski definition) is 3. The zero-order valence-electron chi connectivity index (χ0n) is 12.4. The van der Waals surface area contributed by atoms with Crippen molar-refractivity contribution in [1.82, 2.24) is 9.55 Å². The van der Waals surface area contributed by atoms with E-state index < -0.39 is 0 Å². The normalized spacial score (nSPS) is 23.6. The zero-order valence-corrected chi connectivity index (χ0v) is 13.3. The molecule has 1 aromatic carbocycles. The molecule has 0 bridgehead atoms. The van der Waals surface area contributed by atoms with E-state index in [1.54, 1.807) is 0 Å². The topological polar surface area (TPSA) is 64.2 Å². The van der Waals surface area contributed by atoms with Gasteiger partial charge in [0.1, 0.15) is 0 Å². The Hall–Kier alpha value is -1.59. The third-order valence-electron chi connectivity index (χ3n) is 4.88. The van der Waals surface area contributed by atoms with Gasteiger partial charge < -0.3 is 10.3 Å². The monoisotopic (exact) mass is 320 g/mol. The number of halogens is 1. The summed E-state index contributed by atoms with van der Waals surface area (Å²) in [5, 5.41) is 0. The zero-order chi connectivity index (χ0) is 14.4. The minimum atomic E-state index is 0. The van der Waals surface area contributed by atoms with Crippen LogP contribution in [0.2, 0.25) is 0 Å². The lowest BCUT2D eigenvalue weighted by atomic mass is 9.99. The van der Waals surface area contributed by atoms with Crippen molar-refractivity contribution in [3.05, 3.63) is 24.3 Å². The van der Waals surface area contributed by atoms with Crippen molar-refractivity contribution < 1.29 is 4.79 Å². The standard InChI is InChI=1S/C16H20N4O.ClH/c17-12-5-3-4-11(12)10-15(21)20-9-8-19-14-7-2-1-6-13(14)18-16(19)20;/h1-2,6-7,11-12H,3-5,8-10,17H2;1H/t11-,12+;/m0./s1. The summed E-state index contributed by atoms with van der Waals surface area (Å²) in [6.07, 6.45) is 3.84. The molecule has 1 fully saturated rings. The maximum Gasteiger partial charge on any atom is 0.229 e. The number of carbonyl (C=O) groups is 1. The molecular weight excluding hydrogens is 300 g/mol. The van der Waals surface area contributed by atoms with Gasteiger partial charge in [-0.2, -0.15) is 0 Å². The molecule has 1 aromatic heterocycles. The Morgan fingerprint density at radius 3 is 2.86 bits per heavy atom. The van der Waals surface area contributed by atoms with Gasteiger partial charge in [-0.15, -0.1) is 12.4 Å². The Labute approximate surface area is 135 Å². The van der Waals surface area contributed by atoms with Crippen molar-refractivity contribution in [1.29, 1.82) is 0 Å². The number of imidazole rings is 1. The van der Waals surface area contributed by atoms with E-state index in [1.165, 1.54) is 0 Å². The highest BCUT2D eigenvalue weighted by Crippen LogP contribution is 2.31. The minimum Gasteiger partial charge on any atom is -0.327 e. The fraction of sp³-hybridized carbons (Fsp3) is 0.500. The molecule has 6 heteroatoms. The van der Waals surface area contributed by atoms with E-state index in [-0.39, 0.29) is 24.4 Å². The third kappa shape index (κ3) is 2.38. The lowest BCUT2D eigenvalue weighted by molar-refractivity contribution is -0.119. The quantitative estimate of drug-likeness (QED) is 0.923. The highest BCUT2D eigenvalue weighted by atomic mass is 35.5. The molecule has 2 atom stereocenters. The number of nitrogens with zero attached hydrogens (tertiary/aromatic N) is 3. The molecule has 2 heterocycles. The average molecular weight is 321 g/mol. The molecule has 0 saturated heterocycles. The molecular formula is C16H21ClN4O. The van der Waals surface area contributed by atoms with Crippen LogP contribution in [0.15, 0.2) is 24.3 Å². The maximum absolute atomic E-state index is 12.6. The summed E-state index contributed by atoms with van der Waals surface area (Å²) in [5.41, 5.74) is 8.16. The van der Waals surface area contributed by atoms with Gasteiger partial charge in [-0.3, -0.25) is 9.69 Å². The van der Waals surface area contributed by atoms with E-state index in [4.69, 9.17) is 5.73 Å². The Bertz CT molecular complexity index is 699. The van der Waals surface area contributed by atoms with E-state index in [9.17, 15) is 4.79 Å². The maximum atomic E-state index is 12.6. The van der Waals surface area contributed by atoms with Gasteiger partial charge in [0.15, 0.2) is 0 Å². The first kappa shape index (κ1) is 15.3. The van der Waals surface area contributed by atoms with E-state index in [1.807, 2.05) is 23.1 Å². The predicted molar refractivity (Wildman–Crippen MR) is 89.3 cm³/mol. The number of carbonyl (C=O) groups excluding carboxylic acids is 1. The molecule has 2 aliphatic rings. The molecule has 4 rings (SSSR count). The number of nitrogens with two attached hydrogens (primary N) is 1. The first-order chi connectivity index (χ1) is 10.2. The van der Waals surface area contributed by atoms with Crippen LogP contribution in [0.5, 0.6) is 0 Å². The molecule has 0 unspecified atom stereocenters. The van der Waals surface area contributed by atoms with Crippen molar-refractivity contribution in [3.8, 4) is 0 Å². The molecule has 0 radical (unpaired) electrons. The van der Waals surface area contributed by atoms with Crippen LogP contribution in [0.25, 0.3) is 11.0 Å². The predicted octanol–water partition coefficient (Wildman–Crippen LogP) is 2.32. The Kier molecular flexibility index (Phi) is 4.10. The Morgan fingerprint density at radius 2 is 2.09 bits per heavy atom. The molecule has 1 saturated carbocycles. The number of anilines is 1. The van der Waals surface area contributed by atoms with E-state index in [0.29, 0.717) is 12.3 Å². The summed E-state index contributed by atoms with van der Waals surface area (Å²) in [4.78, 5) is 19.1. The smallest absolute Gasteiger partial charge is 0.229 e. The summed E-state index contributed by atoms with van der Waals surface area (Å²) in [5.74, 6) is 1.31. The van der Waals surface area contributed by atoms with Crippen molar-refractivity contribution in [3.63, 3.8) is 0 Å². The van der Waals surface area contributed by atoms with Crippen LogP contribution in [-0.4, -0.2) is 28.0 Å². The van der Waals surface area contributed by atoms with Crippen molar-refractivity contribution in [2.24, 2.45) is 11.7 Å². The average Bonchev–Trinajstić information content (AvgIpc) is 3.14. The summed E-state index contributed by atoms with van der Waals surface area (Å²) >= 11 is 0. The van der Waals surface area contributed by atoms with Crippen LogP contribution in [0.1, 0.15) is 25.7 Å². The van der Waals surface area contributed by atoms with Gasteiger partial charge in [0.05, 0.1) is 11.0 Å². The summed E-state index contributed by atoms with van der Waals surface area (Å²) < 4.78 is 2.14. The highest BCUT2D eigenvalue weighted by molar-refractivity contribution is 5.95. The summed E-state index contributed by atoms with van der Waals surface area (Å²) in [6.45, 7) is 1.56. The lowest BCUT2D eigenvalue weighted by Crippen LogP contribution is -2.34. The highest BCUT2D eigenvalue weighted by Gasteiger charge is 2.32. The largest absolute Gasteiger partial charge is 0.327 e.